The van der Waals surface area contributed by atoms with Crippen LogP contribution in [0.1, 0.15) is 36.6 Å². The van der Waals surface area contributed by atoms with E-state index in [0.29, 0.717) is 17.3 Å². The number of Topliss-reactive ketones (excluding diaryl/α,β-unsaturated/α-hetero) is 1. The predicted molar refractivity (Wildman–Crippen MR) is 108 cm³/mol. The van der Waals surface area contributed by atoms with Gasteiger partial charge in [0.25, 0.3) is 5.56 Å². The molecule has 3 aromatic rings. The first-order valence-electron chi connectivity index (χ1n) is 8.90. The molecule has 0 spiro atoms. The molecule has 1 aliphatic rings. The SMILES string of the molecule is CC(=O)CCSc1nc2sc3c(c2c(=O)n1-c1ccccc1)CCCC3. The fourth-order valence-electron chi connectivity index (χ4n) is 3.37. The summed E-state index contributed by atoms with van der Waals surface area (Å²) in [5.41, 5.74) is 2.05. The molecule has 2 heterocycles. The summed E-state index contributed by atoms with van der Waals surface area (Å²) in [6.45, 7) is 1.59. The van der Waals surface area contributed by atoms with Crippen LogP contribution in [0.5, 0.6) is 0 Å². The Morgan fingerprint density at radius 3 is 2.77 bits per heavy atom. The van der Waals surface area contributed by atoms with Crippen LogP contribution in [-0.4, -0.2) is 21.1 Å². The number of rotatable bonds is 5. The number of aryl methyl sites for hydroxylation is 2. The molecule has 1 aliphatic carbocycles. The first-order chi connectivity index (χ1) is 12.6. The van der Waals surface area contributed by atoms with Gasteiger partial charge >= 0.3 is 0 Å². The maximum Gasteiger partial charge on any atom is 0.267 e. The second-order valence-electron chi connectivity index (χ2n) is 6.56. The van der Waals surface area contributed by atoms with Crippen molar-refractivity contribution in [3.8, 4) is 5.69 Å². The molecule has 0 N–H and O–H groups in total. The van der Waals surface area contributed by atoms with Crippen molar-refractivity contribution >= 4 is 39.1 Å². The maximum atomic E-state index is 13.4. The van der Waals surface area contributed by atoms with E-state index >= 15 is 0 Å². The van der Waals surface area contributed by atoms with Gasteiger partial charge in [0.2, 0.25) is 0 Å². The minimum absolute atomic E-state index is 0.0194. The third-order valence-corrected chi connectivity index (χ3v) is 6.78. The van der Waals surface area contributed by atoms with Gasteiger partial charge in [0.1, 0.15) is 10.6 Å². The van der Waals surface area contributed by atoms with Crippen LogP contribution < -0.4 is 5.56 Å². The Balaban J connectivity index is 1.90. The summed E-state index contributed by atoms with van der Waals surface area (Å²) in [6.07, 6.45) is 4.83. The summed E-state index contributed by atoms with van der Waals surface area (Å²) in [6, 6.07) is 9.67. The minimum Gasteiger partial charge on any atom is -0.300 e. The van der Waals surface area contributed by atoms with Crippen LogP contribution in [0, 0.1) is 0 Å². The van der Waals surface area contributed by atoms with Crippen LogP contribution >= 0.6 is 23.1 Å². The molecule has 0 saturated heterocycles. The highest BCUT2D eigenvalue weighted by molar-refractivity contribution is 7.99. The van der Waals surface area contributed by atoms with Crippen LogP contribution in [0.3, 0.4) is 0 Å². The molecule has 26 heavy (non-hydrogen) atoms. The third-order valence-electron chi connectivity index (χ3n) is 4.66. The number of ketones is 1. The fraction of sp³-hybridized carbons (Fsp3) is 0.350. The van der Waals surface area contributed by atoms with Gasteiger partial charge < -0.3 is 0 Å². The van der Waals surface area contributed by atoms with E-state index in [0.717, 1.165) is 35.2 Å². The van der Waals surface area contributed by atoms with Crippen LogP contribution in [0.4, 0.5) is 0 Å². The third kappa shape index (κ3) is 3.23. The van der Waals surface area contributed by atoms with Gasteiger partial charge in [-0.15, -0.1) is 11.3 Å². The lowest BCUT2D eigenvalue weighted by Gasteiger charge is -2.13. The largest absolute Gasteiger partial charge is 0.300 e. The molecule has 4 rings (SSSR count). The van der Waals surface area contributed by atoms with E-state index in [4.69, 9.17) is 4.98 Å². The van der Waals surface area contributed by atoms with Crippen molar-refractivity contribution in [3.63, 3.8) is 0 Å². The van der Waals surface area contributed by atoms with E-state index in [1.807, 2.05) is 30.3 Å². The molecule has 6 heteroatoms. The second kappa shape index (κ2) is 7.37. The number of nitrogens with zero attached hydrogens (tertiary/aromatic N) is 2. The molecule has 0 saturated carbocycles. The minimum atomic E-state index is 0.0194. The molecular formula is C20H20N2O2S2. The molecule has 1 aromatic carbocycles. The number of carbonyl (C=O) groups excluding carboxylic acids is 1. The normalized spacial score (nSPS) is 13.7. The summed E-state index contributed by atoms with van der Waals surface area (Å²) in [4.78, 5) is 31.7. The van der Waals surface area contributed by atoms with E-state index in [9.17, 15) is 9.59 Å². The molecule has 0 bridgehead atoms. The van der Waals surface area contributed by atoms with Crippen molar-refractivity contribution in [2.75, 3.05) is 5.75 Å². The van der Waals surface area contributed by atoms with E-state index in [1.54, 1.807) is 22.8 Å². The van der Waals surface area contributed by atoms with E-state index in [2.05, 4.69) is 0 Å². The van der Waals surface area contributed by atoms with Gasteiger partial charge in [-0.1, -0.05) is 30.0 Å². The van der Waals surface area contributed by atoms with E-state index < -0.39 is 0 Å². The number of carbonyl (C=O) groups is 1. The van der Waals surface area contributed by atoms with Crippen LogP contribution in [0.2, 0.25) is 0 Å². The lowest BCUT2D eigenvalue weighted by Crippen LogP contribution is -2.22. The van der Waals surface area contributed by atoms with Crippen molar-refractivity contribution < 1.29 is 4.79 Å². The van der Waals surface area contributed by atoms with E-state index in [-0.39, 0.29) is 11.3 Å². The Morgan fingerprint density at radius 1 is 1.23 bits per heavy atom. The van der Waals surface area contributed by atoms with Gasteiger partial charge in [0.15, 0.2) is 5.16 Å². The van der Waals surface area contributed by atoms with Gasteiger partial charge in [-0.2, -0.15) is 0 Å². The summed E-state index contributed by atoms with van der Waals surface area (Å²) in [7, 11) is 0. The molecule has 0 amide bonds. The number of hydrogen-bond acceptors (Lipinski definition) is 5. The Kier molecular flexibility index (Phi) is 4.96. The highest BCUT2D eigenvalue weighted by Gasteiger charge is 2.22. The molecule has 0 atom stereocenters. The van der Waals surface area contributed by atoms with Crippen LogP contribution in [0.15, 0.2) is 40.3 Å². The summed E-state index contributed by atoms with van der Waals surface area (Å²) in [5, 5.41) is 1.47. The van der Waals surface area contributed by atoms with Crippen molar-refractivity contribution in [1.29, 1.82) is 0 Å². The molecule has 0 fully saturated rings. The monoisotopic (exact) mass is 384 g/mol. The molecule has 2 aromatic heterocycles. The molecule has 0 unspecified atom stereocenters. The smallest absolute Gasteiger partial charge is 0.267 e. The van der Waals surface area contributed by atoms with Crippen molar-refractivity contribution in [3.05, 3.63) is 51.1 Å². The number of thioether (sulfide) groups is 1. The van der Waals surface area contributed by atoms with Crippen LogP contribution in [-0.2, 0) is 17.6 Å². The fourth-order valence-corrected chi connectivity index (χ4v) is 5.73. The van der Waals surface area contributed by atoms with Gasteiger partial charge in [-0.3, -0.25) is 14.2 Å². The summed E-state index contributed by atoms with van der Waals surface area (Å²) in [5.74, 6) is 0.782. The first kappa shape index (κ1) is 17.5. The Hall–Kier alpha value is -1.92. The standard InChI is InChI=1S/C20H20N2O2S2/c1-13(23)11-12-25-20-21-18-17(15-9-5-6-10-16(15)26-18)19(24)22(20)14-7-3-2-4-8-14/h2-4,7-8H,5-6,9-12H2,1H3. The number of aromatic nitrogens is 2. The van der Waals surface area contributed by atoms with Gasteiger partial charge in [-0.05, 0) is 50.3 Å². The Bertz CT molecular complexity index is 1020. The number of benzene rings is 1. The van der Waals surface area contributed by atoms with Gasteiger partial charge in [0, 0.05) is 17.1 Å². The second-order valence-corrected chi connectivity index (χ2v) is 8.71. The summed E-state index contributed by atoms with van der Waals surface area (Å²) < 4.78 is 1.72. The summed E-state index contributed by atoms with van der Waals surface area (Å²) >= 11 is 3.15. The topological polar surface area (TPSA) is 52.0 Å². The number of para-hydroxylation sites is 1. The van der Waals surface area contributed by atoms with Crippen molar-refractivity contribution in [2.45, 2.75) is 44.2 Å². The number of hydrogen-bond donors (Lipinski definition) is 0. The number of thiophene rings is 1. The quantitative estimate of drug-likeness (QED) is 0.483. The highest BCUT2D eigenvalue weighted by atomic mass is 32.2. The molecule has 134 valence electrons. The highest BCUT2D eigenvalue weighted by Crippen LogP contribution is 2.35. The zero-order valence-corrected chi connectivity index (χ0v) is 16.3. The molecule has 0 radical (unpaired) electrons. The van der Waals surface area contributed by atoms with Gasteiger partial charge in [-0.25, -0.2) is 4.98 Å². The maximum absolute atomic E-state index is 13.4. The predicted octanol–water partition coefficient (Wildman–Crippen LogP) is 4.40. The zero-order valence-electron chi connectivity index (χ0n) is 14.7. The average molecular weight is 385 g/mol. The Morgan fingerprint density at radius 2 is 2.00 bits per heavy atom. The average Bonchev–Trinajstić information content (AvgIpc) is 3.01. The molecular weight excluding hydrogens is 364 g/mol. The van der Waals surface area contributed by atoms with Crippen LogP contribution in [0.25, 0.3) is 15.9 Å². The lowest BCUT2D eigenvalue weighted by molar-refractivity contribution is -0.116. The molecule has 0 aliphatic heterocycles. The first-order valence-corrected chi connectivity index (χ1v) is 10.7. The zero-order chi connectivity index (χ0) is 18.1. The lowest BCUT2D eigenvalue weighted by atomic mass is 9.97. The van der Waals surface area contributed by atoms with Gasteiger partial charge in [0.05, 0.1) is 11.1 Å². The molecule has 4 nitrogen and oxygen atoms in total. The Labute approximate surface area is 160 Å². The van der Waals surface area contributed by atoms with Crippen molar-refractivity contribution in [2.24, 2.45) is 0 Å². The van der Waals surface area contributed by atoms with E-state index in [1.165, 1.54) is 28.6 Å². The van der Waals surface area contributed by atoms with Crippen molar-refractivity contribution in [1.82, 2.24) is 9.55 Å². The number of fused-ring (bicyclic) bond motifs is 3.